The molecular weight excluding hydrogens is 678 g/mol. The van der Waals surface area contributed by atoms with Crippen LogP contribution >= 0.6 is 0 Å². The highest BCUT2D eigenvalue weighted by Crippen LogP contribution is 2.40. The fourth-order valence-electron chi connectivity index (χ4n) is 7.07. The van der Waals surface area contributed by atoms with E-state index in [4.69, 9.17) is 15.0 Å². The van der Waals surface area contributed by atoms with Crippen molar-refractivity contribution < 1.29 is 13.2 Å². The van der Waals surface area contributed by atoms with Gasteiger partial charge in [0.15, 0.2) is 17.5 Å². The monoisotopic (exact) mass is 708 g/mol. The molecule has 0 fully saturated rings. The number of benzene rings is 7. The second-order valence-corrected chi connectivity index (χ2v) is 13.3. The predicted molar refractivity (Wildman–Crippen MR) is 211 cm³/mol. The van der Waals surface area contributed by atoms with E-state index < -0.39 is 11.7 Å². The van der Waals surface area contributed by atoms with E-state index in [1.165, 1.54) is 17.7 Å². The molecule has 0 aliphatic carbocycles. The molecule has 0 saturated carbocycles. The highest BCUT2D eigenvalue weighted by atomic mass is 19.4. The van der Waals surface area contributed by atoms with Crippen LogP contribution in [0.25, 0.3) is 83.9 Å². The van der Waals surface area contributed by atoms with Crippen LogP contribution < -0.4 is 0 Å². The fraction of sp³-hybridized carbons (Fsp3) is 0.0426. The van der Waals surface area contributed by atoms with E-state index in [2.05, 4.69) is 66.1 Å². The van der Waals surface area contributed by atoms with Crippen molar-refractivity contribution in [2.75, 3.05) is 0 Å². The molecule has 0 spiro atoms. The predicted octanol–water partition coefficient (Wildman–Crippen LogP) is 12.6. The molecule has 0 aliphatic rings. The lowest BCUT2D eigenvalue weighted by Gasteiger charge is -2.16. The molecule has 7 heteroatoms. The maximum Gasteiger partial charge on any atom is 0.416 e. The van der Waals surface area contributed by atoms with Crippen LogP contribution in [0, 0.1) is 6.92 Å². The standard InChI is InChI=1S/C47H31F3N4/c1-30-19-21-31(22-20-30)34-23-26-43-41(28-34)38-17-8-9-18-42(38)54(43)37-24-25-39(40(29-37)35-15-10-16-36(27-35)47(48,49)50)46-52-44(32-11-4-2-5-12-32)51-45(53-46)33-13-6-3-7-14-33/h2-29H,1H3. The fourth-order valence-corrected chi connectivity index (χ4v) is 7.07. The maximum atomic E-state index is 14.2. The van der Waals surface area contributed by atoms with Gasteiger partial charge in [-0.15, -0.1) is 0 Å². The highest BCUT2D eigenvalue weighted by molar-refractivity contribution is 6.10. The summed E-state index contributed by atoms with van der Waals surface area (Å²) in [5.74, 6) is 1.28. The lowest BCUT2D eigenvalue weighted by atomic mass is 9.96. The Morgan fingerprint density at radius 2 is 1.02 bits per heavy atom. The van der Waals surface area contributed by atoms with Gasteiger partial charge in [-0.25, -0.2) is 15.0 Å². The molecule has 4 nitrogen and oxygen atoms in total. The molecule has 54 heavy (non-hydrogen) atoms. The molecule has 0 N–H and O–H groups in total. The molecule has 0 amide bonds. The Balaban J connectivity index is 1.29. The van der Waals surface area contributed by atoms with E-state index in [0.717, 1.165) is 55.8 Å². The molecule has 0 bridgehead atoms. The van der Waals surface area contributed by atoms with Crippen LogP contribution in [0.2, 0.25) is 0 Å². The number of fused-ring (bicyclic) bond motifs is 3. The van der Waals surface area contributed by atoms with Gasteiger partial charge in [0.2, 0.25) is 0 Å². The second-order valence-electron chi connectivity index (χ2n) is 13.3. The van der Waals surface area contributed by atoms with Gasteiger partial charge in [0, 0.05) is 33.2 Å². The van der Waals surface area contributed by atoms with Crippen LogP contribution in [0.15, 0.2) is 170 Å². The summed E-state index contributed by atoms with van der Waals surface area (Å²) >= 11 is 0. The van der Waals surface area contributed by atoms with Gasteiger partial charge in [0.05, 0.1) is 16.6 Å². The van der Waals surface area contributed by atoms with Crippen molar-refractivity contribution in [2.24, 2.45) is 0 Å². The molecule has 9 rings (SSSR count). The first-order chi connectivity index (χ1) is 26.3. The quantitative estimate of drug-likeness (QED) is 0.173. The molecular formula is C47H31F3N4. The SMILES string of the molecule is Cc1ccc(-c2ccc3c(c2)c2ccccc2n3-c2ccc(-c3nc(-c4ccccc4)nc(-c4ccccc4)n3)c(-c3cccc(C(F)(F)F)c3)c2)cc1. The van der Waals surface area contributed by atoms with Gasteiger partial charge >= 0.3 is 6.18 Å². The van der Waals surface area contributed by atoms with Crippen LogP contribution in [-0.2, 0) is 6.18 Å². The van der Waals surface area contributed by atoms with Crippen molar-refractivity contribution in [3.8, 4) is 62.1 Å². The third-order valence-corrected chi connectivity index (χ3v) is 9.76. The van der Waals surface area contributed by atoms with Gasteiger partial charge in [0.1, 0.15) is 0 Å². The zero-order valence-corrected chi connectivity index (χ0v) is 29.1. The summed E-state index contributed by atoms with van der Waals surface area (Å²) in [6.07, 6.45) is -4.52. The number of hydrogen-bond acceptors (Lipinski definition) is 3. The lowest BCUT2D eigenvalue weighted by molar-refractivity contribution is -0.137. The third-order valence-electron chi connectivity index (χ3n) is 9.76. The van der Waals surface area contributed by atoms with E-state index in [0.29, 0.717) is 34.2 Å². The molecule has 260 valence electrons. The minimum Gasteiger partial charge on any atom is -0.309 e. The Bertz CT molecular complexity index is 2750. The summed E-state index contributed by atoms with van der Waals surface area (Å²) in [6, 6.07) is 53.6. The first-order valence-electron chi connectivity index (χ1n) is 17.6. The zero-order valence-electron chi connectivity index (χ0n) is 29.1. The second kappa shape index (κ2) is 13.3. The Hall–Kier alpha value is -6.86. The summed E-state index contributed by atoms with van der Waals surface area (Å²) in [4.78, 5) is 14.7. The largest absolute Gasteiger partial charge is 0.416 e. The van der Waals surface area contributed by atoms with Gasteiger partial charge in [-0.2, -0.15) is 13.2 Å². The van der Waals surface area contributed by atoms with Crippen LogP contribution in [0.4, 0.5) is 13.2 Å². The van der Waals surface area contributed by atoms with Crippen LogP contribution in [0.3, 0.4) is 0 Å². The zero-order chi connectivity index (χ0) is 36.8. The molecule has 0 atom stereocenters. The van der Waals surface area contributed by atoms with E-state index in [9.17, 15) is 13.2 Å². The summed E-state index contributed by atoms with van der Waals surface area (Å²) in [6.45, 7) is 2.07. The van der Waals surface area contributed by atoms with Gasteiger partial charge in [-0.05, 0) is 77.7 Å². The van der Waals surface area contributed by atoms with E-state index in [1.54, 1.807) is 6.07 Å². The third kappa shape index (κ3) is 6.09. The van der Waals surface area contributed by atoms with Crippen molar-refractivity contribution in [2.45, 2.75) is 13.1 Å². The number of para-hydroxylation sites is 1. The lowest BCUT2D eigenvalue weighted by Crippen LogP contribution is -2.05. The minimum atomic E-state index is -4.52. The average Bonchev–Trinajstić information content (AvgIpc) is 3.55. The van der Waals surface area contributed by atoms with Crippen molar-refractivity contribution in [3.05, 3.63) is 181 Å². The normalized spacial score (nSPS) is 11.7. The van der Waals surface area contributed by atoms with E-state index >= 15 is 0 Å². The topological polar surface area (TPSA) is 43.6 Å². The summed E-state index contributed by atoms with van der Waals surface area (Å²) in [7, 11) is 0. The first kappa shape index (κ1) is 33.0. The first-order valence-corrected chi connectivity index (χ1v) is 17.6. The molecule has 2 heterocycles. The van der Waals surface area contributed by atoms with Crippen molar-refractivity contribution in [1.29, 1.82) is 0 Å². The summed E-state index contributed by atoms with van der Waals surface area (Å²) in [5, 5.41) is 2.15. The highest BCUT2D eigenvalue weighted by Gasteiger charge is 2.31. The van der Waals surface area contributed by atoms with Crippen molar-refractivity contribution in [1.82, 2.24) is 19.5 Å². The van der Waals surface area contributed by atoms with Gasteiger partial charge in [-0.1, -0.05) is 127 Å². The number of nitrogens with zero attached hydrogens (tertiary/aromatic N) is 4. The molecule has 7 aromatic carbocycles. The molecule has 0 saturated heterocycles. The number of aryl methyl sites for hydroxylation is 1. The van der Waals surface area contributed by atoms with Gasteiger partial charge in [-0.3, -0.25) is 0 Å². The smallest absolute Gasteiger partial charge is 0.309 e. The van der Waals surface area contributed by atoms with Crippen LogP contribution in [0.5, 0.6) is 0 Å². The van der Waals surface area contributed by atoms with Crippen LogP contribution in [0.1, 0.15) is 11.1 Å². The summed E-state index contributed by atoms with van der Waals surface area (Å²) < 4.78 is 44.7. The van der Waals surface area contributed by atoms with E-state index in [1.807, 2.05) is 91.0 Å². The maximum absolute atomic E-state index is 14.2. The minimum absolute atomic E-state index is 0.353. The van der Waals surface area contributed by atoms with Crippen molar-refractivity contribution in [3.63, 3.8) is 0 Å². The average molecular weight is 709 g/mol. The van der Waals surface area contributed by atoms with Crippen molar-refractivity contribution >= 4 is 21.8 Å². The van der Waals surface area contributed by atoms with Crippen LogP contribution in [-0.4, -0.2) is 19.5 Å². The molecule has 0 aliphatic heterocycles. The number of alkyl halides is 3. The number of hydrogen-bond donors (Lipinski definition) is 0. The van der Waals surface area contributed by atoms with E-state index in [-0.39, 0.29) is 0 Å². The number of halogens is 3. The Morgan fingerprint density at radius 3 is 1.70 bits per heavy atom. The Kier molecular flexibility index (Phi) is 8.12. The Morgan fingerprint density at radius 1 is 0.426 bits per heavy atom. The Labute approximate surface area is 309 Å². The van der Waals surface area contributed by atoms with Gasteiger partial charge in [0.25, 0.3) is 0 Å². The number of aromatic nitrogens is 4. The number of rotatable bonds is 6. The van der Waals surface area contributed by atoms with Gasteiger partial charge < -0.3 is 4.57 Å². The molecule has 0 unspecified atom stereocenters. The molecule has 9 aromatic rings. The summed E-state index contributed by atoms with van der Waals surface area (Å²) in [5.41, 5.74) is 8.57. The molecule has 0 radical (unpaired) electrons. The molecule has 2 aromatic heterocycles.